The van der Waals surface area contributed by atoms with E-state index in [1.165, 1.54) is 54.6 Å². The Labute approximate surface area is 141 Å². The average Bonchev–Trinajstić information content (AvgIpc) is 2.55. The van der Waals surface area contributed by atoms with E-state index in [0.29, 0.717) is 5.56 Å². The number of aromatic carboxylic acids is 1. The van der Waals surface area contributed by atoms with Crippen molar-refractivity contribution in [2.24, 2.45) is 0 Å². The number of benzene rings is 2. The maximum absolute atomic E-state index is 11.8. The Morgan fingerprint density at radius 3 is 2.42 bits per heavy atom. The molecule has 0 heterocycles. The van der Waals surface area contributed by atoms with Gasteiger partial charge in [-0.25, -0.2) is 4.79 Å². The van der Waals surface area contributed by atoms with Crippen molar-refractivity contribution >= 4 is 40.9 Å². The number of nitro groups is 1. The van der Waals surface area contributed by atoms with Crippen molar-refractivity contribution in [3.05, 3.63) is 74.8 Å². The van der Waals surface area contributed by atoms with Crippen LogP contribution in [0.4, 0.5) is 11.4 Å². The fraction of sp³-hybridized carbons (Fsp3) is 0. The molecule has 0 aliphatic carbocycles. The predicted molar refractivity (Wildman–Crippen MR) is 89.2 cm³/mol. The van der Waals surface area contributed by atoms with Gasteiger partial charge >= 0.3 is 5.97 Å². The average molecular weight is 347 g/mol. The van der Waals surface area contributed by atoms with Gasteiger partial charge in [-0.3, -0.25) is 14.9 Å². The number of carbonyl (C=O) groups is 2. The Hall–Kier alpha value is -3.19. The minimum absolute atomic E-state index is 0.0426. The number of rotatable bonds is 5. The molecular formula is C16H11ClN2O5. The Kier molecular flexibility index (Phi) is 5.28. The summed E-state index contributed by atoms with van der Waals surface area (Å²) in [5, 5.41) is 22.1. The lowest BCUT2D eigenvalue weighted by Crippen LogP contribution is -2.09. The quantitative estimate of drug-likeness (QED) is 0.488. The van der Waals surface area contributed by atoms with Gasteiger partial charge in [0.1, 0.15) is 0 Å². The van der Waals surface area contributed by atoms with Gasteiger partial charge in [0.15, 0.2) is 0 Å². The van der Waals surface area contributed by atoms with E-state index in [9.17, 15) is 19.7 Å². The van der Waals surface area contributed by atoms with Crippen LogP contribution in [0, 0.1) is 10.1 Å². The highest BCUT2D eigenvalue weighted by molar-refractivity contribution is 6.33. The lowest BCUT2D eigenvalue weighted by molar-refractivity contribution is -0.384. The summed E-state index contributed by atoms with van der Waals surface area (Å²) in [6, 6.07) is 9.78. The molecule has 0 saturated carbocycles. The standard InChI is InChI=1S/C16H11ClN2O5/c17-14-7-4-11(9-13(14)16(21)22)18-15(20)8-3-10-1-5-12(6-2-10)19(23)24/h1-9H,(H,18,20)(H,21,22)/b8-3+. The second kappa shape index (κ2) is 7.38. The van der Waals surface area contributed by atoms with Crippen molar-refractivity contribution in [2.45, 2.75) is 0 Å². The zero-order chi connectivity index (χ0) is 17.7. The van der Waals surface area contributed by atoms with Crippen LogP contribution >= 0.6 is 11.6 Å². The summed E-state index contributed by atoms with van der Waals surface area (Å²) >= 11 is 5.75. The lowest BCUT2D eigenvalue weighted by Gasteiger charge is -2.05. The molecule has 0 atom stereocenters. The van der Waals surface area contributed by atoms with Crippen molar-refractivity contribution in [1.29, 1.82) is 0 Å². The Morgan fingerprint density at radius 1 is 1.17 bits per heavy atom. The molecule has 0 aromatic heterocycles. The first-order chi connectivity index (χ1) is 11.4. The molecule has 0 radical (unpaired) electrons. The highest BCUT2D eigenvalue weighted by atomic mass is 35.5. The molecule has 0 fully saturated rings. The number of carboxylic acid groups (broad SMARTS) is 1. The van der Waals surface area contributed by atoms with Gasteiger partial charge in [0.25, 0.3) is 5.69 Å². The van der Waals surface area contributed by atoms with E-state index in [4.69, 9.17) is 16.7 Å². The highest BCUT2D eigenvalue weighted by Crippen LogP contribution is 2.20. The first-order valence-electron chi connectivity index (χ1n) is 6.63. The van der Waals surface area contributed by atoms with Crippen LogP contribution in [0.25, 0.3) is 6.08 Å². The summed E-state index contributed by atoms with van der Waals surface area (Å²) in [5.41, 5.74) is 0.737. The van der Waals surface area contributed by atoms with Crippen LogP contribution in [-0.2, 0) is 4.79 Å². The van der Waals surface area contributed by atoms with Crippen LogP contribution in [0.1, 0.15) is 15.9 Å². The van der Waals surface area contributed by atoms with E-state index < -0.39 is 16.8 Å². The molecular weight excluding hydrogens is 336 g/mol. The van der Waals surface area contributed by atoms with Gasteiger partial charge in [0.2, 0.25) is 5.91 Å². The number of halogens is 1. The Morgan fingerprint density at radius 2 is 1.83 bits per heavy atom. The predicted octanol–water partition coefficient (Wildman–Crippen LogP) is 3.60. The first-order valence-corrected chi connectivity index (χ1v) is 7.01. The van der Waals surface area contributed by atoms with Gasteiger partial charge in [0, 0.05) is 23.9 Å². The second-order valence-electron chi connectivity index (χ2n) is 4.67. The monoisotopic (exact) mass is 346 g/mol. The van der Waals surface area contributed by atoms with Crippen LogP contribution < -0.4 is 5.32 Å². The van der Waals surface area contributed by atoms with E-state index in [-0.39, 0.29) is 22.0 Å². The molecule has 0 spiro atoms. The van der Waals surface area contributed by atoms with Gasteiger partial charge in [0.05, 0.1) is 15.5 Å². The normalized spacial score (nSPS) is 10.5. The zero-order valence-electron chi connectivity index (χ0n) is 12.1. The summed E-state index contributed by atoms with van der Waals surface area (Å²) < 4.78 is 0. The van der Waals surface area contributed by atoms with Crippen molar-refractivity contribution in [3.8, 4) is 0 Å². The zero-order valence-corrected chi connectivity index (χ0v) is 12.9. The summed E-state index contributed by atoms with van der Waals surface area (Å²) in [6.45, 7) is 0. The Bertz CT molecular complexity index is 831. The smallest absolute Gasteiger partial charge is 0.337 e. The molecule has 2 N–H and O–H groups in total. The van der Waals surface area contributed by atoms with E-state index in [1.54, 1.807) is 0 Å². The number of nitrogens with zero attached hydrogens (tertiary/aromatic N) is 1. The molecule has 0 saturated heterocycles. The molecule has 8 heteroatoms. The summed E-state index contributed by atoms with van der Waals surface area (Å²) in [7, 11) is 0. The number of amides is 1. The van der Waals surface area contributed by atoms with Gasteiger partial charge in [-0.05, 0) is 42.0 Å². The van der Waals surface area contributed by atoms with E-state index in [0.717, 1.165) is 0 Å². The van der Waals surface area contributed by atoms with Crippen LogP contribution in [0.15, 0.2) is 48.5 Å². The minimum Gasteiger partial charge on any atom is -0.478 e. The van der Waals surface area contributed by atoms with Crippen molar-refractivity contribution in [1.82, 2.24) is 0 Å². The van der Waals surface area contributed by atoms with E-state index in [2.05, 4.69) is 5.32 Å². The van der Waals surface area contributed by atoms with Crippen LogP contribution in [0.5, 0.6) is 0 Å². The minimum atomic E-state index is -1.20. The number of nitrogens with one attached hydrogen (secondary N) is 1. The van der Waals surface area contributed by atoms with Gasteiger partial charge in [-0.1, -0.05) is 11.6 Å². The lowest BCUT2D eigenvalue weighted by atomic mass is 10.2. The summed E-state index contributed by atoms with van der Waals surface area (Å²) in [6.07, 6.45) is 2.71. The molecule has 24 heavy (non-hydrogen) atoms. The number of carboxylic acids is 1. The summed E-state index contributed by atoms with van der Waals surface area (Å²) in [4.78, 5) is 32.9. The van der Waals surface area contributed by atoms with E-state index >= 15 is 0 Å². The third-order valence-corrected chi connectivity index (χ3v) is 3.32. The third kappa shape index (κ3) is 4.40. The SMILES string of the molecule is O=C(/C=C/c1ccc([N+](=O)[O-])cc1)Nc1ccc(Cl)c(C(=O)O)c1. The van der Waals surface area contributed by atoms with Crippen molar-refractivity contribution < 1.29 is 19.6 Å². The number of hydrogen-bond donors (Lipinski definition) is 2. The number of hydrogen-bond acceptors (Lipinski definition) is 4. The second-order valence-corrected chi connectivity index (χ2v) is 5.08. The summed E-state index contributed by atoms with van der Waals surface area (Å²) in [5.74, 6) is -1.68. The highest BCUT2D eigenvalue weighted by Gasteiger charge is 2.10. The van der Waals surface area contributed by atoms with E-state index in [1.807, 2.05) is 0 Å². The third-order valence-electron chi connectivity index (χ3n) is 3.00. The fourth-order valence-corrected chi connectivity index (χ4v) is 2.03. The maximum Gasteiger partial charge on any atom is 0.337 e. The molecule has 7 nitrogen and oxygen atoms in total. The molecule has 0 bridgehead atoms. The largest absolute Gasteiger partial charge is 0.478 e. The molecule has 2 aromatic rings. The number of non-ortho nitro benzene ring substituents is 1. The molecule has 0 aliphatic heterocycles. The molecule has 0 unspecified atom stereocenters. The molecule has 1 amide bonds. The van der Waals surface area contributed by atoms with Crippen LogP contribution in [0.3, 0.4) is 0 Å². The topological polar surface area (TPSA) is 110 Å². The van der Waals surface area contributed by atoms with Gasteiger partial charge in [-0.15, -0.1) is 0 Å². The molecule has 2 aromatic carbocycles. The van der Waals surface area contributed by atoms with Crippen molar-refractivity contribution in [2.75, 3.05) is 5.32 Å². The number of nitro benzene ring substituents is 1. The van der Waals surface area contributed by atoms with Gasteiger partial charge < -0.3 is 10.4 Å². The first kappa shape index (κ1) is 17.2. The molecule has 2 rings (SSSR count). The molecule has 122 valence electrons. The van der Waals surface area contributed by atoms with Crippen molar-refractivity contribution in [3.63, 3.8) is 0 Å². The number of carbonyl (C=O) groups excluding carboxylic acids is 1. The fourth-order valence-electron chi connectivity index (χ4n) is 1.83. The Balaban J connectivity index is 2.06. The number of anilines is 1. The maximum atomic E-state index is 11.8. The molecule has 0 aliphatic rings. The van der Waals surface area contributed by atoms with Crippen LogP contribution in [0.2, 0.25) is 5.02 Å². The van der Waals surface area contributed by atoms with Crippen LogP contribution in [-0.4, -0.2) is 21.9 Å². The van der Waals surface area contributed by atoms with Gasteiger partial charge in [-0.2, -0.15) is 0 Å².